The molecule has 5 rings (SSSR count). The van der Waals surface area contributed by atoms with Gasteiger partial charge >= 0.3 is 0 Å². The summed E-state index contributed by atoms with van der Waals surface area (Å²) >= 11 is 6.52. The van der Waals surface area contributed by atoms with Gasteiger partial charge in [0.1, 0.15) is 11.6 Å². The molecular formula is C22H24ClN5O. The number of hydrogen-bond acceptors (Lipinski definition) is 4. The minimum absolute atomic E-state index is 0.317. The quantitative estimate of drug-likeness (QED) is 0.658. The summed E-state index contributed by atoms with van der Waals surface area (Å²) in [5.74, 6) is 2.08. The fourth-order valence-electron chi connectivity index (χ4n) is 4.62. The van der Waals surface area contributed by atoms with E-state index < -0.39 is 0 Å². The van der Waals surface area contributed by atoms with Crippen LogP contribution in [-0.4, -0.2) is 51.0 Å². The third-order valence-electron chi connectivity index (χ3n) is 6.21. The van der Waals surface area contributed by atoms with Gasteiger partial charge in [0.25, 0.3) is 0 Å². The molecule has 0 radical (unpaired) electrons. The minimum Gasteiger partial charge on any atom is -0.356 e. The van der Waals surface area contributed by atoms with Gasteiger partial charge in [0.2, 0.25) is 5.91 Å². The van der Waals surface area contributed by atoms with E-state index in [1.165, 1.54) is 0 Å². The van der Waals surface area contributed by atoms with Gasteiger partial charge in [-0.1, -0.05) is 23.7 Å². The Labute approximate surface area is 175 Å². The van der Waals surface area contributed by atoms with Crippen LogP contribution in [0.3, 0.4) is 0 Å². The molecular weight excluding hydrogens is 386 g/mol. The first-order chi connectivity index (χ1) is 14.1. The van der Waals surface area contributed by atoms with Gasteiger partial charge in [-0.05, 0) is 37.5 Å². The molecule has 0 bridgehead atoms. The van der Waals surface area contributed by atoms with E-state index in [4.69, 9.17) is 16.6 Å². The van der Waals surface area contributed by atoms with Crippen molar-refractivity contribution in [3.63, 3.8) is 0 Å². The molecule has 2 fully saturated rings. The monoisotopic (exact) mass is 409 g/mol. The number of para-hydroxylation sites is 2. The second-order valence-corrected chi connectivity index (χ2v) is 8.32. The minimum atomic E-state index is 0.317. The van der Waals surface area contributed by atoms with Crippen LogP contribution in [0.2, 0.25) is 5.02 Å². The number of carbonyl (C=O) groups excluding carboxylic acids is 1. The fourth-order valence-corrected chi connectivity index (χ4v) is 4.81. The Morgan fingerprint density at radius 3 is 2.66 bits per heavy atom. The summed E-state index contributed by atoms with van der Waals surface area (Å²) in [5, 5.41) is 0.602. The Morgan fingerprint density at radius 1 is 1.14 bits per heavy atom. The number of anilines is 1. The molecule has 29 heavy (non-hydrogen) atoms. The molecule has 0 aliphatic carbocycles. The molecule has 0 atom stereocenters. The Hall–Kier alpha value is -2.60. The number of aromatic nitrogens is 3. The number of piperidine rings is 1. The number of halogens is 1. The molecule has 3 aromatic rings. The zero-order valence-electron chi connectivity index (χ0n) is 16.5. The van der Waals surface area contributed by atoms with Crippen LogP contribution >= 0.6 is 11.6 Å². The smallest absolute Gasteiger partial charge is 0.222 e. The molecule has 2 aliphatic heterocycles. The number of carbonyl (C=O) groups is 1. The van der Waals surface area contributed by atoms with E-state index in [-0.39, 0.29) is 0 Å². The Kier molecular flexibility index (Phi) is 4.66. The van der Waals surface area contributed by atoms with Crippen molar-refractivity contribution in [2.75, 3.05) is 24.5 Å². The molecule has 150 valence electrons. The number of imidazole rings is 1. The first-order valence-corrected chi connectivity index (χ1v) is 10.6. The second-order valence-electron chi connectivity index (χ2n) is 7.91. The van der Waals surface area contributed by atoms with Crippen LogP contribution in [0.25, 0.3) is 22.4 Å². The number of benzene rings is 1. The summed E-state index contributed by atoms with van der Waals surface area (Å²) in [4.78, 5) is 25.8. The number of pyridine rings is 1. The maximum absolute atomic E-state index is 12.0. The fraction of sp³-hybridized carbons (Fsp3) is 0.409. The van der Waals surface area contributed by atoms with E-state index in [2.05, 4.69) is 25.4 Å². The van der Waals surface area contributed by atoms with Gasteiger partial charge in [0, 0.05) is 50.9 Å². The molecule has 1 amide bonds. The van der Waals surface area contributed by atoms with Gasteiger partial charge in [-0.3, -0.25) is 4.79 Å². The topological polar surface area (TPSA) is 54.3 Å². The Bertz CT molecular complexity index is 1070. The number of hydrogen-bond donors (Lipinski definition) is 0. The third-order valence-corrected chi connectivity index (χ3v) is 6.51. The average Bonchev–Trinajstić information content (AvgIpc) is 3.32. The van der Waals surface area contributed by atoms with E-state index >= 15 is 0 Å². The summed E-state index contributed by atoms with van der Waals surface area (Å²) in [6.45, 7) is 2.70. The zero-order chi connectivity index (χ0) is 20.0. The molecule has 0 saturated carbocycles. The molecule has 7 heteroatoms. The lowest BCUT2D eigenvalue weighted by Crippen LogP contribution is -2.45. The first kappa shape index (κ1) is 18.4. The molecule has 0 spiro atoms. The zero-order valence-corrected chi connectivity index (χ0v) is 17.3. The molecule has 2 saturated heterocycles. The van der Waals surface area contributed by atoms with E-state index in [1.54, 1.807) is 6.20 Å². The van der Waals surface area contributed by atoms with Crippen molar-refractivity contribution in [1.82, 2.24) is 19.4 Å². The van der Waals surface area contributed by atoms with Gasteiger partial charge in [-0.2, -0.15) is 0 Å². The SMILES string of the molecule is Cn1c(-c2cc(N3CCC(N4CCCC4=O)CC3)ncc2Cl)nc2ccccc21. The van der Waals surface area contributed by atoms with Crippen LogP contribution < -0.4 is 4.90 Å². The van der Waals surface area contributed by atoms with Gasteiger partial charge < -0.3 is 14.4 Å². The number of rotatable bonds is 3. The van der Waals surface area contributed by atoms with E-state index in [9.17, 15) is 4.79 Å². The molecule has 2 aliphatic rings. The highest BCUT2D eigenvalue weighted by atomic mass is 35.5. The summed E-state index contributed by atoms with van der Waals surface area (Å²) in [5.41, 5.74) is 2.93. The Morgan fingerprint density at radius 2 is 1.93 bits per heavy atom. The lowest BCUT2D eigenvalue weighted by Gasteiger charge is -2.37. The lowest BCUT2D eigenvalue weighted by molar-refractivity contribution is -0.130. The normalized spacial score (nSPS) is 18.2. The lowest BCUT2D eigenvalue weighted by atomic mass is 10.0. The molecule has 0 unspecified atom stereocenters. The van der Waals surface area contributed by atoms with Crippen LogP contribution in [0.4, 0.5) is 5.82 Å². The van der Waals surface area contributed by atoms with Crippen molar-refractivity contribution in [3.05, 3.63) is 41.6 Å². The first-order valence-electron chi connectivity index (χ1n) is 10.2. The molecule has 2 aromatic heterocycles. The highest BCUT2D eigenvalue weighted by molar-refractivity contribution is 6.33. The Balaban J connectivity index is 1.40. The summed E-state index contributed by atoms with van der Waals surface area (Å²) in [6, 6.07) is 10.5. The van der Waals surface area contributed by atoms with Crippen molar-refractivity contribution < 1.29 is 4.79 Å². The van der Waals surface area contributed by atoms with Crippen molar-refractivity contribution in [2.24, 2.45) is 7.05 Å². The van der Waals surface area contributed by atoms with E-state index in [1.807, 2.05) is 31.3 Å². The number of nitrogens with zero attached hydrogens (tertiary/aromatic N) is 5. The number of aryl methyl sites for hydroxylation is 1. The predicted molar refractivity (Wildman–Crippen MR) is 115 cm³/mol. The van der Waals surface area contributed by atoms with Gasteiger partial charge in [-0.15, -0.1) is 0 Å². The van der Waals surface area contributed by atoms with Crippen LogP contribution in [-0.2, 0) is 11.8 Å². The van der Waals surface area contributed by atoms with Gasteiger partial charge in [0.15, 0.2) is 0 Å². The van der Waals surface area contributed by atoms with Crippen LogP contribution in [0.15, 0.2) is 36.5 Å². The van der Waals surface area contributed by atoms with Gasteiger partial charge in [-0.25, -0.2) is 9.97 Å². The van der Waals surface area contributed by atoms with Crippen LogP contribution in [0.1, 0.15) is 25.7 Å². The van der Waals surface area contributed by atoms with Gasteiger partial charge in [0.05, 0.1) is 16.1 Å². The standard InChI is InChI=1S/C22H24ClN5O/c1-26-19-6-3-2-5-18(19)25-22(26)16-13-20(24-14-17(16)23)27-11-8-15(9-12-27)28-10-4-7-21(28)29/h2-3,5-6,13-15H,4,7-12H2,1H3. The maximum Gasteiger partial charge on any atom is 0.222 e. The number of fused-ring (bicyclic) bond motifs is 1. The van der Waals surface area contributed by atoms with E-state index in [0.717, 1.165) is 67.1 Å². The largest absolute Gasteiger partial charge is 0.356 e. The molecule has 0 N–H and O–H groups in total. The predicted octanol–water partition coefficient (Wildman–Crippen LogP) is 3.88. The van der Waals surface area contributed by atoms with Crippen molar-refractivity contribution in [1.29, 1.82) is 0 Å². The van der Waals surface area contributed by atoms with Crippen LogP contribution in [0.5, 0.6) is 0 Å². The summed E-state index contributed by atoms with van der Waals surface area (Å²) < 4.78 is 2.07. The third kappa shape index (κ3) is 3.25. The average molecular weight is 410 g/mol. The highest BCUT2D eigenvalue weighted by Gasteiger charge is 2.31. The highest BCUT2D eigenvalue weighted by Crippen LogP contribution is 2.33. The molecule has 1 aromatic carbocycles. The summed E-state index contributed by atoms with van der Waals surface area (Å²) in [7, 11) is 2.01. The van der Waals surface area contributed by atoms with Crippen molar-refractivity contribution >= 4 is 34.4 Å². The van der Waals surface area contributed by atoms with Crippen molar-refractivity contribution in [3.8, 4) is 11.4 Å². The summed E-state index contributed by atoms with van der Waals surface area (Å²) in [6.07, 6.45) is 5.40. The van der Waals surface area contributed by atoms with E-state index in [0.29, 0.717) is 23.4 Å². The second kappa shape index (κ2) is 7.34. The number of amides is 1. The molecule has 6 nitrogen and oxygen atoms in total. The number of likely N-dealkylation sites (tertiary alicyclic amines) is 1. The maximum atomic E-state index is 12.0. The van der Waals surface area contributed by atoms with Crippen molar-refractivity contribution in [2.45, 2.75) is 31.7 Å². The molecule has 4 heterocycles. The van der Waals surface area contributed by atoms with Crippen LogP contribution in [0, 0.1) is 0 Å².